The number of hydrogen-bond acceptors (Lipinski definition) is 5. The second kappa shape index (κ2) is 6.36. The maximum Gasteiger partial charge on any atom is 0.249 e. The molecule has 1 aromatic rings. The number of aromatic nitrogens is 2. The fourth-order valence-corrected chi connectivity index (χ4v) is 3.32. The molecule has 0 bridgehead atoms. The van der Waals surface area contributed by atoms with Crippen LogP contribution in [0.15, 0.2) is 4.52 Å². The van der Waals surface area contributed by atoms with Crippen molar-refractivity contribution in [1.29, 1.82) is 0 Å². The van der Waals surface area contributed by atoms with Gasteiger partial charge in [0.05, 0.1) is 0 Å². The lowest BCUT2D eigenvalue weighted by Gasteiger charge is -2.23. The Morgan fingerprint density at radius 1 is 1.36 bits per heavy atom. The summed E-state index contributed by atoms with van der Waals surface area (Å²) >= 11 is 0. The number of nitrogens with one attached hydrogen (secondary N) is 1. The number of carbonyl (C=O) groups is 1. The van der Waals surface area contributed by atoms with Crippen molar-refractivity contribution in [3.63, 3.8) is 0 Å². The van der Waals surface area contributed by atoms with Gasteiger partial charge in [0.2, 0.25) is 11.8 Å². The molecule has 3 N–H and O–H groups in total. The Kier molecular flexibility index (Phi) is 4.47. The van der Waals surface area contributed by atoms with E-state index in [4.69, 9.17) is 10.3 Å². The Balaban J connectivity index is 1.69. The van der Waals surface area contributed by atoms with Gasteiger partial charge >= 0.3 is 0 Å². The van der Waals surface area contributed by atoms with Crippen LogP contribution in [0, 0.1) is 17.8 Å². The first-order valence-corrected chi connectivity index (χ1v) is 8.44. The molecule has 0 spiro atoms. The summed E-state index contributed by atoms with van der Waals surface area (Å²) in [6.45, 7) is 4.69. The van der Waals surface area contributed by atoms with Gasteiger partial charge in [0.15, 0.2) is 5.82 Å². The molecule has 0 aliphatic heterocycles. The highest BCUT2D eigenvalue weighted by atomic mass is 16.5. The van der Waals surface area contributed by atoms with E-state index in [1.807, 2.05) is 0 Å². The van der Waals surface area contributed by atoms with E-state index in [1.54, 1.807) is 0 Å². The zero-order chi connectivity index (χ0) is 15.7. The number of nitrogens with zero attached hydrogens (tertiary/aromatic N) is 2. The molecule has 1 heterocycles. The summed E-state index contributed by atoms with van der Waals surface area (Å²) in [6.07, 6.45) is 5.33. The molecule has 122 valence electrons. The van der Waals surface area contributed by atoms with Gasteiger partial charge in [0, 0.05) is 11.8 Å². The minimum absolute atomic E-state index is 0.0251. The highest BCUT2D eigenvalue weighted by Gasteiger charge is 2.35. The van der Waals surface area contributed by atoms with E-state index in [9.17, 15) is 4.79 Å². The third-order valence-corrected chi connectivity index (χ3v) is 4.93. The van der Waals surface area contributed by atoms with E-state index in [-0.39, 0.29) is 23.8 Å². The first kappa shape index (κ1) is 15.5. The standard InChI is InChI=1S/C16H26N4O2/c1-9(2)13(16-19-14(20-22-16)10-6-7-10)18-15(21)12-5-3-4-11(12)8-17/h9-13H,3-8,17H2,1-2H3,(H,18,21)/t11-,12-,13?/m1/s1. The van der Waals surface area contributed by atoms with Crippen LogP contribution in [-0.4, -0.2) is 22.6 Å². The molecule has 6 nitrogen and oxygen atoms in total. The summed E-state index contributed by atoms with van der Waals surface area (Å²) in [5.74, 6) is 2.39. The molecule has 1 amide bonds. The van der Waals surface area contributed by atoms with Gasteiger partial charge in [0.1, 0.15) is 6.04 Å². The zero-order valence-corrected chi connectivity index (χ0v) is 13.4. The molecule has 2 aliphatic carbocycles. The maximum absolute atomic E-state index is 12.6. The van der Waals surface area contributed by atoms with Gasteiger partial charge < -0.3 is 15.6 Å². The van der Waals surface area contributed by atoms with Crippen LogP contribution in [0.25, 0.3) is 0 Å². The smallest absolute Gasteiger partial charge is 0.249 e. The second-order valence-corrected chi connectivity index (χ2v) is 7.03. The van der Waals surface area contributed by atoms with Crippen LogP contribution in [0.1, 0.15) is 69.6 Å². The Morgan fingerprint density at radius 2 is 2.14 bits per heavy atom. The number of carbonyl (C=O) groups excluding carboxylic acids is 1. The SMILES string of the molecule is CC(C)C(NC(=O)[C@@H]1CCC[C@@H]1CN)c1nc(C2CC2)no1. The average Bonchev–Trinajstić information content (AvgIpc) is 3.04. The molecule has 22 heavy (non-hydrogen) atoms. The molecule has 3 atom stereocenters. The Hall–Kier alpha value is -1.43. The monoisotopic (exact) mass is 306 g/mol. The lowest BCUT2D eigenvalue weighted by molar-refractivity contribution is -0.127. The molecule has 0 saturated heterocycles. The molecule has 1 unspecified atom stereocenters. The highest BCUT2D eigenvalue weighted by Crippen LogP contribution is 2.39. The van der Waals surface area contributed by atoms with Crippen LogP contribution in [0.3, 0.4) is 0 Å². The molecule has 0 radical (unpaired) electrons. The normalized spacial score (nSPS) is 26.4. The second-order valence-electron chi connectivity index (χ2n) is 7.03. The van der Waals surface area contributed by atoms with Gasteiger partial charge in [-0.3, -0.25) is 4.79 Å². The molecule has 3 rings (SSSR count). The Labute approximate surface area is 131 Å². The fourth-order valence-electron chi connectivity index (χ4n) is 3.32. The largest absolute Gasteiger partial charge is 0.344 e. The molecule has 6 heteroatoms. The maximum atomic E-state index is 12.6. The minimum atomic E-state index is -0.216. The fraction of sp³-hybridized carbons (Fsp3) is 0.812. The van der Waals surface area contributed by atoms with Crippen LogP contribution in [0.2, 0.25) is 0 Å². The van der Waals surface area contributed by atoms with Crippen molar-refractivity contribution in [1.82, 2.24) is 15.5 Å². The van der Waals surface area contributed by atoms with Crippen molar-refractivity contribution < 1.29 is 9.32 Å². The van der Waals surface area contributed by atoms with Crippen molar-refractivity contribution in [3.05, 3.63) is 11.7 Å². The van der Waals surface area contributed by atoms with Gasteiger partial charge in [-0.05, 0) is 44.1 Å². The van der Waals surface area contributed by atoms with E-state index < -0.39 is 0 Å². The molecule has 2 aliphatic rings. The van der Waals surface area contributed by atoms with Crippen molar-refractivity contribution >= 4 is 5.91 Å². The zero-order valence-electron chi connectivity index (χ0n) is 13.4. The summed E-state index contributed by atoms with van der Waals surface area (Å²) in [7, 11) is 0. The van der Waals surface area contributed by atoms with E-state index in [0.29, 0.717) is 24.3 Å². The van der Waals surface area contributed by atoms with Crippen LogP contribution in [0.5, 0.6) is 0 Å². The molecular weight excluding hydrogens is 280 g/mol. The quantitative estimate of drug-likeness (QED) is 0.839. The Bertz CT molecular complexity index is 524. The van der Waals surface area contributed by atoms with Gasteiger partial charge in [-0.2, -0.15) is 4.98 Å². The first-order chi connectivity index (χ1) is 10.6. The van der Waals surface area contributed by atoms with Crippen LogP contribution in [-0.2, 0) is 4.79 Å². The molecule has 2 saturated carbocycles. The first-order valence-electron chi connectivity index (χ1n) is 8.44. The summed E-state index contributed by atoms with van der Waals surface area (Å²) in [5.41, 5.74) is 5.79. The van der Waals surface area contributed by atoms with Gasteiger partial charge in [-0.1, -0.05) is 25.4 Å². The van der Waals surface area contributed by atoms with Crippen LogP contribution < -0.4 is 11.1 Å². The van der Waals surface area contributed by atoms with E-state index in [2.05, 4.69) is 29.3 Å². The van der Waals surface area contributed by atoms with E-state index >= 15 is 0 Å². The molecule has 1 aromatic heterocycles. The number of hydrogen-bond donors (Lipinski definition) is 2. The van der Waals surface area contributed by atoms with Crippen LogP contribution in [0.4, 0.5) is 0 Å². The number of amides is 1. The minimum Gasteiger partial charge on any atom is -0.344 e. The lowest BCUT2D eigenvalue weighted by Crippen LogP contribution is -2.39. The summed E-state index contributed by atoms with van der Waals surface area (Å²) in [5, 5.41) is 7.18. The summed E-state index contributed by atoms with van der Waals surface area (Å²) in [4.78, 5) is 17.1. The van der Waals surface area contributed by atoms with Crippen molar-refractivity contribution in [2.24, 2.45) is 23.5 Å². The van der Waals surface area contributed by atoms with Gasteiger partial charge in [-0.25, -0.2) is 0 Å². The van der Waals surface area contributed by atoms with Crippen molar-refractivity contribution in [2.45, 2.75) is 57.9 Å². The third kappa shape index (κ3) is 3.16. The molecule has 0 aromatic carbocycles. The summed E-state index contributed by atoms with van der Waals surface area (Å²) < 4.78 is 5.41. The molecule has 2 fully saturated rings. The predicted octanol–water partition coefficient (Wildman–Crippen LogP) is 2.14. The highest BCUT2D eigenvalue weighted by molar-refractivity contribution is 5.79. The summed E-state index contributed by atoms with van der Waals surface area (Å²) in [6, 6.07) is -0.216. The topological polar surface area (TPSA) is 94.0 Å². The van der Waals surface area contributed by atoms with Gasteiger partial charge in [-0.15, -0.1) is 0 Å². The number of rotatable bonds is 6. The molecular formula is C16H26N4O2. The van der Waals surface area contributed by atoms with E-state index in [0.717, 1.165) is 37.9 Å². The van der Waals surface area contributed by atoms with Crippen molar-refractivity contribution in [2.75, 3.05) is 6.54 Å². The van der Waals surface area contributed by atoms with Gasteiger partial charge in [0.25, 0.3) is 0 Å². The Morgan fingerprint density at radius 3 is 2.77 bits per heavy atom. The average molecular weight is 306 g/mol. The van der Waals surface area contributed by atoms with Crippen molar-refractivity contribution in [3.8, 4) is 0 Å². The lowest BCUT2D eigenvalue weighted by atomic mass is 9.94. The van der Waals surface area contributed by atoms with Crippen LogP contribution >= 0.6 is 0 Å². The van der Waals surface area contributed by atoms with E-state index in [1.165, 1.54) is 0 Å². The predicted molar refractivity (Wildman–Crippen MR) is 81.9 cm³/mol. The third-order valence-electron chi connectivity index (χ3n) is 4.93. The number of nitrogens with two attached hydrogens (primary N) is 1.